The number of hydrogen-bond acceptors (Lipinski definition) is 8. The Balaban J connectivity index is 1.29. The van der Waals surface area contributed by atoms with Gasteiger partial charge in [-0.2, -0.15) is 10.4 Å². The third-order valence-electron chi connectivity index (χ3n) is 6.92. The first-order chi connectivity index (χ1) is 18.2. The van der Waals surface area contributed by atoms with Crippen molar-refractivity contribution in [1.82, 2.24) is 29.6 Å². The highest BCUT2D eigenvalue weighted by Crippen LogP contribution is 2.35. The molecule has 10 heteroatoms. The topological polar surface area (TPSA) is 123 Å². The molecule has 0 atom stereocenters. The Morgan fingerprint density at radius 1 is 1.16 bits per heavy atom. The summed E-state index contributed by atoms with van der Waals surface area (Å²) in [5.74, 6) is 0.234. The Morgan fingerprint density at radius 3 is 2.66 bits per heavy atom. The van der Waals surface area contributed by atoms with Gasteiger partial charge in [-0.3, -0.25) is 9.78 Å². The Hall–Kier alpha value is -4.26. The summed E-state index contributed by atoms with van der Waals surface area (Å²) in [5.41, 5.74) is 4.99. The number of hydrogen-bond donors (Lipinski definition) is 1. The predicted octanol–water partition coefficient (Wildman–Crippen LogP) is 5.03. The lowest BCUT2D eigenvalue weighted by atomic mass is 9.84. The van der Waals surface area contributed by atoms with Crippen LogP contribution in [0.1, 0.15) is 64.5 Å². The Bertz CT molecular complexity index is 1500. The molecule has 0 aromatic carbocycles. The van der Waals surface area contributed by atoms with Crippen molar-refractivity contribution in [2.75, 3.05) is 12.4 Å². The second-order valence-corrected chi connectivity index (χ2v) is 10.8. The molecule has 196 valence electrons. The van der Waals surface area contributed by atoms with Gasteiger partial charge in [0.25, 0.3) is 0 Å². The third kappa shape index (κ3) is 5.37. The predicted molar refractivity (Wildman–Crippen MR) is 143 cm³/mol. The van der Waals surface area contributed by atoms with Crippen LogP contribution in [-0.4, -0.2) is 48.2 Å². The van der Waals surface area contributed by atoms with E-state index < -0.39 is 5.60 Å². The van der Waals surface area contributed by atoms with Gasteiger partial charge in [0.2, 0.25) is 0 Å². The summed E-state index contributed by atoms with van der Waals surface area (Å²) in [4.78, 5) is 16.9. The Labute approximate surface area is 221 Å². The summed E-state index contributed by atoms with van der Waals surface area (Å²) in [6.07, 6.45) is 9.64. The van der Waals surface area contributed by atoms with Crippen molar-refractivity contribution in [1.29, 1.82) is 5.26 Å². The van der Waals surface area contributed by atoms with Gasteiger partial charge in [-0.25, -0.2) is 9.20 Å². The van der Waals surface area contributed by atoms with Gasteiger partial charge in [0, 0.05) is 30.9 Å². The lowest BCUT2D eigenvalue weighted by Crippen LogP contribution is -2.27. The largest absolute Gasteiger partial charge is 0.460 e. The maximum atomic E-state index is 12.2. The Morgan fingerprint density at radius 2 is 1.95 bits per heavy atom. The van der Waals surface area contributed by atoms with Crippen LogP contribution in [0, 0.1) is 17.2 Å². The number of aromatic nitrogens is 6. The number of carbonyl (C=O) groups excluding carboxylic acids is 1. The first-order valence-corrected chi connectivity index (χ1v) is 12.9. The van der Waals surface area contributed by atoms with Crippen molar-refractivity contribution in [2.45, 2.75) is 64.5 Å². The molecule has 1 N–H and O–H groups in total. The van der Waals surface area contributed by atoms with E-state index in [2.05, 4.69) is 26.8 Å². The molecular weight excluding hydrogens is 480 g/mol. The fourth-order valence-electron chi connectivity index (χ4n) is 5.07. The van der Waals surface area contributed by atoms with E-state index in [4.69, 9.17) is 15.0 Å². The zero-order valence-corrected chi connectivity index (χ0v) is 22.2. The minimum Gasteiger partial charge on any atom is -0.460 e. The quantitative estimate of drug-likeness (QED) is 0.357. The standard InChI is InChI=1S/C28H32N8O2/c1-28(2,3)38-27(37)12-18-5-7-20(8-6-18)35-17-25(33-34-35)22-16-31-24(13-23(22)30-4)26-10-9-21-11-19(14-29)15-32-36(21)26/h9-11,13,15-18,20H,5-8,12H2,1-4H3,(H,30,31). The van der Waals surface area contributed by atoms with Crippen LogP contribution in [0.5, 0.6) is 0 Å². The maximum Gasteiger partial charge on any atom is 0.306 e. The molecule has 1 aliphatic rings. The van der Waals surface area contributed by atoms with Crippen LogP contribution in [0.4, 0.5) is 5.69 Å². The van der Waals surface area contributed by atoms with Crippen LogP contribution in [0.3, 0.4) is 0 Å². The average molecular weight is 513 g/mol. The molecule has 4 heterocycles. The third-order valence-corrected chi connectivity index (χ3v) is 6.92. The van der Waals surface area contributed by atoms with E-state index in [1.807, 2.05) is 56.9 Å². The summed E-state index contributed by atoms with van der Waals surface area (Å²) in [6.45, 7) is 5.70. The molecule has 10 nitrogen and oxygen atoms in total. The highest BCUT2D eigenvalue weighted by molar-refractivity contribution is 5.78. The van der Waals surface area contributed by atoms with Crippen LogP contribution in [0.25, 0.3) is 28.2 Å². The van der Waals surface area contributed by atoms with Gasteiger partial charge in [-0.1, -0.05) is 5.21 Å². The minimum absolute atomic E-state index is 0.115. The normalized spacial score (nSPS) is 17.8. The van der Waals surface area contributed by atoms with E-state index in [0.29, 0.717) is 17.9 Å². The first-order valence-electron chi connectivity index (χ1n) is 12.9. The summed E-state index contributed by atoms with van der Waals surface area (Å²) in [7, 11) is 1.87. The van der Waals surface area contributed by atoms with E-state index in [1.54, 1.807) is 23.0 Å². The number of fused-ring (bicyclic) bond motifs is 1. The molecule has 38 heavy (non-hydrogen) atoms. The second-order valence-electron chi connectivity index (χ2n) is 10.8. The molecule has 0 unspecified atom stereocenters. The second kappa shape index (κ2) is 10.2. The van der Waals surface area contributed by atoms with Crippen molar-refractivity contribution < 1.29 is 9.53 Å². The molecule has 0 saturated heterocycles. The van der Waals surface area contributed by atoms with E-state index in [-0.39, 0.29) is 12.0 Å². The van der Waals surface area contributed by atoms with Crippen molar-refractivity contribution in [3.05, 3.63) is 48.4 Å². The van der Waals surface area contributed by atoms with Crippen LogP contribution in [0.2, 0.25) is 0 Å². The molecule has 0 radical (unpaired) electrons. The molecule has 0 aliphatic heterocycles. The molecule has 4 aromatic heterocycles. The van der Waals surface area contributed by atoms with Gasteiger partial charge in [-0.05, 0) is 76.6 Å². The SMILES string of the molecule is CNc1cc(-c2ccc3cc(C#N)cnn23)ncc1-c1cn(C2CCC(CC(=O)OC(C)(C)C)CC2)nn1. The number of anilines is 1. The number of esters is 1. The maximum absolute atomic E-state index is 12.2. The van der Waals surface area contributed by atoms with Crippen molar-refractivity contribution in [3.8, 4) is 28.7 Å². The van der Waals surface area contributed by atoms with Crippen molar-refractivity contribution >= 4 is 17.2 Å². The summed E-state index contributed by atoms with van der Waals surface area (Å²) in [5, 5.41) is 25.7. The van der Waals surface area contributed by atoms with Crippen molar-refractivity contribution in [3.63, 3.8) is 0 Å². The van der Waals surface area contributed by atoms with Crippen LogP contribution in [0.15, 0.2) is 42.9 Å². The van der Waals surface area contributed by atoms with Crippen molar-refractivity contribution in [2.24, 2.45) is 5.92 Å². The average Bonchev–Trinajstić information content (AvgIpc) is 3.55. The lowest BCUT2D eigenvalue weighted by molar-refractivity contribution is -0.156. The zero-order valence-electron chi connectivity index (χ0n) is 22.2. The van der Waals surface area contributed by atoms with E-state index in [0.717, 1.165) is 59.5 Å². The van der Waals surface area contributed by atoms with Crippen LogP contribution >= 0.6 is 0 Å². The number of nitrogens with zero attached hydrogens (tertiary/aromatic N) is 7. The van der Waals surface area contributed by atoms with Gasteiger partial charge in [0.15, 0.2) is 0 Å². The van der Waals surface area contributed by atoms with Gasteiger partial charge < -0.3 is 10.1 Å². The molecule has 0 amide bonds. The number of ether oxygens (including phenoxy) is 1. The summed E-state index contributed by atoms with van der Waals surface area (Å²) in [6, 6.07) is 10.0. The summed E-state index contributed by atoms with van der Waals surface area (Å²) >= 11 is 0. The Kier molecular flexibility index (Phi) is 6.85. The molecule has 4 aromatic rings. The van der Waals surface area contributed by atoms with Gasteiger partial charge in [0.1, 0.15) is 17.4 Å². The van der Waals surface area contributed by atoms with Crippen LogP contribution < -0.4 is 5.32 Å². The number of carbonyl (C=O) groups is 1. The number of pyridine rings is 1. The molecule has 1 aliphatic carbocycles. The summed E-state index contributed by atoms with van der Waals surface area (Å²) < 4.78 is 9.22. The zero-order chi connectivity index (χ0) is 26.9. The van der Waals surface area contributed by atoms with E-state index in [1.165, 1.54) is 0 Å². The molecule has 1 fully saturated rings. The number of rotatable bonds is 6. The molecular formula is C28H32N8O2. The molecule has 5 rings (SSSR count). The van der Waals surface area contributed by atoms with Gasteiger partial charge in [-0.15, -0.1) is 5.10 Å². The number of nitrogens with one attached hydrogen (secondary N) is 1. The van der Waals surface area contributed by atoms with Gasteiger partial charge >= 0.3 is 5.97 Å². The van der Waals surface area contributed by atoms with Crippen LogP contribution in [-0.2, 0) is 9.53 Å². The number of nitriles is 1. The molecule has 1 saturated carbocycles. The molecule has 0 spiro atoms. The lowest BCUT2D eigenvalue weighted by Gasteiger charge is -2.28. The van der Waals surface area contributed by atoms with E-state index >= 15 is 0 Å². The minimum atomic E-state index is -0.445. The highest BCUT2D eigenvalue weighted by Gasteiger charge is 2.27. The van der Waals surface area contributed by atoms with E-state index in [9.17, 15) is 4.79 Å². The smallest absolute Gasteiger partial charge is 0.306 e. The fourth-order valence-corrected chi connectivity index (χ4v) is 5.07. The fraction of sp³-hybridized carbons (Fsp3) is 0.429. The van der Waals surface area contributed by atoms with Gasteiger partial charge in [0.05, 0.1) is 40.9 Å². The first kappa shape index (κ1) is 25.4. The monoisotopic (exact) mass is 512 g/mol. The highest BCUT2D eigenvalue weighted by atomic mass is 16.6. The molecule has 0 bridgehead atoms.